The maximum absolute atomic E-state index is 11.5. The molecule has 1 saturated heterocycles. The average Bonchev–Trinajstić information content (AvgIpc) is 2.19. The summed E-state index contributed by atoms with van der Waals surface area (Å²) in [4.78, 5) is 26.5. The van der Waals surface area contributed by atoms with Crippen LogP contribution in [0.5, 0.6) is 0 Å². The third-order valence-corrected chi connectivity index (χ3v) is 2.74. The Morgan fingerprint density at radius 3 is 2.69 bits per heavy atom. The van der Waals surface area contributed by atoms with Gasteiger partial charge in [-0.2, -0.15) is 0 Å². The van der Waals surface area contributed by atoms with E-state index in [9.17, 15) is 9.59 Å². The van der Waals surface area contributed by atoms with E-state index < -0.39 is 0 Å². The van der Waals surface area contributed by atoms with Crippen molar-refractivity contribution in [2.75, 3.05) is 33.7 Å². The molecular formula is C11H21N3O2. The zero-order valence-corrected chi connectivity index (χ0v) is 10.3. The first kappa shape index (κ1) is 13.0. The van der Waals surface area contributed by atoms with E-state index in [2.05, 4.69) is 10.2 Å². The van der Waals surface area contributed by atoms with Crippen molar-refractivity contribution in [2.45, 2.75) is 19.8 Å². The second kappa shape index (κ2) is 5.84. The largest absolute Gasteiger partial charge is 0.324 e. The quantitative estimate of drug-likeness (QED) is 0.696. The Kier molecular flexibility index (Phi) is 4.73. The van der Waals surface area contributed by atoms with E-state index in [0.717, 1.165) is 25.9 Å². The Balaban J connectivity index is 2.26. The molecule has 0 aromatic carbocycles. The van der Waals surface area contributed by atoms with Gasteiger partial charge >= 0.3 is 6.03 Å². The minimum absolute atomic E-state index is 0.0912. The lowest BCUT2D eigenvalue weighted by Crippen LogP contribution is -2.53. The molecule has 0 saturated carbocycles. The van der Waals surface area contributed by atoms with Crippen molar-refractivity contribution in [3.8, 4) is 0 Å². The van der Waals surface area contributed by atoms with Crippen molar-refractivity contribution in [1.82, 2.24) is 15.1 Å². The van der Waals surface area contributed by atoms with E-state index in [-0.39, 0.29) is 17.9 Å². The molecule has 1 N–H and O–H groups in total. The van der Waals surface area contributed by atoms with Crippen LogP contribution in [-0.4, -0.2) is 55.5 Å². The van der Waals surface area contributed by atoms with Gasteiger partial charge in [-0.15, -0.1) is 0 Å². The summed E-state index contributed by atoms with van der Waals surface area (Å²) in [6, 6.07) is -0.243. The summed E-state index contributed by atoms with van der Waals surface area (Å²) in [6.45, 7) is 4.16. The maximum Gasteiger partial charge on any atom is 0.324 e. The first-order valence-corrected chi connectivity index (χ1v) is 5.75. The van der Waals surface area contributed by atoms with E-state index in [4.69, 9.17) is 0 Å². The molecule has 0 bridgehead atoms. The minimum Gasteiger partial charge on any atom is -0.324 e. The van der Waals surface area contributed by atoms with Crippen LogP contribution in [0, 0.1) is 5.92 Å². The van der Waals surface area contributed by atoms with Gasteiger partial charge in [-0.3, -0.25) is 10.1 Å². The van der Waals surface area contributed by atoms with Crippen molar-refractivity contribution in [2.24, 2.45) is 5.92 Å². The summed E-state index contributed by atoms with van der Waals surface area (Å²) >= 11 is 0. The van der Waals surface area contributed by atoms with E-state index in [1.807, 2.05) is 21.0 Å². The van der Waals surface area contributed by atoms with Gasteiger partial charge < -0.3 is 9.80 Å². The van der Waals surface area contributed by atoms with Gasteiger partial charge in [0.05, 0.1) is 5.92 Å². The lowest BCUT2D eigenvalue weighted by molar-refractivity contribution is -0.125. The van der Waals surface area contributed by atoms with Gasteiger partial charge in [-0.05, 0) is 33.5 Å². The van der Waals surface area contributed by atoms with Crippen LogP contribution in [0.25, 0.3) is 0 Å². The standard InChI is InChI=1S/C11H21N3O2/c1-9-8-14(11(16)12-10(9)15)7-5-4-6-13(2)3/h9H,4-8H2,1-3H3,(H,12,15,16). The predicted molar refractivity (Wildman–Crippen MR) is 62.1 cm³/mol. The van der Waals surface area contributed by atoms with Crippen LogP contribution >= 0.6 is 0 Å². The smallest absolute Gasteiger partial charge is 0.324 e. The summed E-state index contributed by atoms with van der Waals surface area (Å²) in [6.07, 6.45) is 2.05. The molecule has 92 valence electrons. The number of hydrogen-bond acceptors (Lipinski definition) is 3. The van der Waals surface area contributed by atoms with E-state index >= 15 is 0 Å². The van der Waals surface area contributed by atoms with E-state index in [1.54, 1.807) is 4.90 Å². The number of hydrogen-bond donors (Lipinski definition) is 1. The van der Waals surface area contributed by atoms with Crippen molar-refractivity contribution >= 4 is 11.9 Å². The highest BCUT2D eigenvalue weighted by Crippen LogP contribution is 2.08. The number of nitrogens with zero attached hydrogens (tertiary/aromatic N) is 2. The number of unbranched alkanes of at least 4 members (excludes halogenated alkanes) is 1. The van der Waals surface area contributed by atoms with Crippen LogP contribution in [0.15, 0.2) is 0 Å². The molecule has 1 heterocycles. The summed E-state index contributed by atoms with van der Waals surface area (Å²) in [5, 5.41) is 2.37. The van der Waals surface area contributed by atoms with Crippen LogP contribution in [0.3, 0.4) is 0 Å². The lowest BCUT2D eigenvalue weighted by Gasteiger charge is -2.30. The summed E-state index contributed by atoms with van der Waals surface area (Å²) < 4.78 is 0. The molecule has 1 atom stereocenters. The maximum atomic E-state index is 11.5. The topological polar surface area (TPSA) is 52.6 Å². The third kappa shape index (κ3) is 3.81. The summed E-state index contributed by atoms with van der Waals surface area (Å²) in [7, 11) is 4.07. The van der Waals surface area contributed by atoms with Crippen molar-refractivity contribution in [3.05, 3.63) is 0 Å². The van der Waals surface area contributed by atoms with Crippen LogP contribution < -0.4 is 5.32 Å². The zero-order chi connectivity index (χ0) is 12.1. The highest BCUT2D eigenvalue weighted by molar-refractivity contribution is 5.97. The van der Waals surface area contributed by atoms with Gasteiger partial charge in [-0.25, -0.2) is 4.79 Å². The number of urea groups is 1. The van der Waals surface area contributed by atoms with Crippen LogP contribution in [0.4, 0.5) is 4.79 Å². The second-order valence-electron chi connectivity index (χ2n) is 4.65. The normalized spacial score (nSPS) is 21.5. The lowest BCUT2D eigenvalue weighted by atomic mass is 10.1. The molecule has 1 unspecified atom stereocenters. The number of amides is 3. The highest BCUT2D eigenvalue weighted by Gasteiger charge is 2.28. The molecule has 5 nitrogen and oxygen atoms in total. The number of imide groups is 1. The Morgan fingerprint density at radius 2 is 2.06 bits per heavy atom. The molecule has 1 fully saturated rings. The molecule has 1 aliphatic heterocycles. The molecule has 3 amide bonds. The minimum atomic E-state index is -0.243. The van der Waals surface area contributed by atoms with Gasteiger partial charge in [0.2, 0.25) is 5.91 Å². The van der Waals surface area contributed by atoms with E-state index in [0.29, 0.717) is 6.54 Å². The first-order valence-electron chi connectivity index (χ1n) is 5.75. The fourth-order valence-electron chi connectivity index (χ4n) is 1.73. The predicted octanol–water partition coefficient (Wildman–Crippen LogP) is 0.516. The molecule has 5 heteroatoms. The van der Waals surface area contributed by atoms with Gasteiger partial charge in [0.15, 0.2) is 0 Å². The number of rotatable bonds is 5. The second-order valence-corrected chi connectivity index (χ2v) is 4.65. The summed E-state index contributed by atoms with van der Waals surface area (Å²) in [5.41, 5.74) is 0. The molecule has 0 radical (unpaired) electrons. The highest BCUT2D eigenvalue weighted by atomic mass is 16.2. The fourth-order valence-corrected chi connectivity index (χ4v) is 1.73. The number of nitrogens with one attached hydrogen (secondary N) is 1. The molecular weight excluding hydrogens is 206 g/mol. The zero-order valence-electron chi connectivity index (χ0n) is 10.3. The fraction of sp³-hybridized carbons (Fsp3) is 0.818. The Hall–Kier alpha value is -1.10. The van der Waals surface area contributed by atoms with Crippen LogP contribution in [0.1, 0.15) is 19.8 Å². The van der Waals surface area contributed by atoms with Crippen molar-refractivity contribution in [1.29, 1.82) is 0 Å². The van der Waals surface area contributed by atoms with Gasteiger partial charge in [0.25, 0.3) is 0 Å². The first-order chi connectivity index (χ1) is 7.50. The van der Waals surface area contributed by atoms with Crippen LogP contribution in [-0.2, 0) is 4.79 Å². The van der Waals surface area contributed by atoms with Gasteiger partial charge in [-0.1, -0.05) is 6.92 Å². The molecule has 1 rings (SSSR count). The molecule has 0 spiro atoms. The number of carbonyl (C=O) groups is 2. The van der Waals surface area contributed by atoms with E-state index in [1.165, 1.54) is 0 Å². The van der Waals surface area contributed by atoms with Gasteiger partial charge in [0, 0.05) is 13.1 Å². The Morgan fingerprint density at radius 1 is 1.38 bits per heavy atom. The molecule has 0 aromatic rings. The van der Waals surface area contributed by atoms with Crippen molar-refractivity contribution < 1.29 is 9.59 Å². The Labute approximate surface area is 96.8 Å². The van der Waals surface area contributed by atoms with Gasteiger partial charge in [0.1, 0.15) is 0 Å². The Bertz CT molecular complexity index is 266. The SMILES string of the molecule is CC1CN(CCCCN(C)C)C(=O)NC1=O. The molecule has 0 aromatic heterocycles. The monoisotopic (exact) mass is 227 g/mol. The average molecular weight is 227 g/mol. The number of carbonyl (C=O) groups excluding carboxylic acids is 2. The van der Waals surface area contributed by atoms with Crippen LogP contribution in [0.2, 0.25) is 0 Å². The van der Waals surface area contributed by atoms with Crippen molar-refractivity contribution in [3.63, 3.8) is 0 Å². The molecule has 16 heavy (non-hydrogen) atoms. The summed E-state index contributed by atoms with van der Waals surface area (Å²) in [5.74, 6) is -0.249. The molecule has 0 aliphatic carbocycles. The third-order valence-electron chi connectivity index (χ3n) is 2.74. The molecule has 1 aliphatic rings.